The van der Waals surface area contributed by atoms with E-state index in [2.05, 4.69) is 4.99 Å². The fourth-order valence-electron chi connectivity index (χ4n) is 2.98. The molecule has 29 heavy (non-hydrogen) atoms. The van der Waals surface area contributed by atoms with Crippen LogP contribution in [0.15, 0.2) is 41.4 Å². The van der Waals surface area contributed by atoms with Crippen molar-refractivity contribution in [2.75, 3.05) is 13.2 Å². The van der Waals surface area contributed by atoms with Crippen LogP contribution in [0.1, 0.15) is 35.2 Å². The van der Waals surface area contributed by atoms with E-state index in [1.165, 1.54) is 24.3 Å². The van der Waals surface area contributed by atoms with Crippen LogP contribution in [0.5, 0.6) is 5.75 Å². The predicted octanol–water partition coefficient (Wildman–Crippen LogP) is 1.00. The number of hydrogen-bond acceptors (Lipinski definition) is 6. The number of nitrogens with two attached hydrogens (primary N) is 1. The molecule has 0 aromatic heterocycles. The number of halogens is 1. The summed E-state index contributed by atoms with van der Waals surface area (Å²) in [6.07, 6.45) is 1.88. The molecule has 0 unspecified atom stereocenters. The number of unbranched alkanes of at least 4 members (excludes halogenated alkanes) is 2. The normalized spacial score (nSPS) is 13.1. The SMILES string of the molecule is NN(CCCCCO)C(=O)c1cccc(C2=Nc3c(O)ccc[c]3[Sn][C]2=O)c1F. The number of nitrogens with zero attached hydrogens (tertiary/aromatic N) is 2. The quantitative estimate of drug-likeness (QED) is 0.171. The molecule has 0 spiro atoms. The molecule has 2 aromatic rings. The molecule has 1 aliphatic rings. The van der Waals surface area contributed by atoms with Gasteiger partial charge in [0.25, 0.3) is 0 Å². The molecule has 0 bridgehead atoms. The Morgan fingerprint density at radius 2 is 1.93 bits per heavy atom. The molecular weight excluding hydrogens is 484 g/mol. The van der Waals surface area contributed by atoms with Crippen LogP contribution in [-0.4, -0.2) is 64.9 Å². The zero-order chi connectivity index (χ0) is 21.0. The van der Waals surface area contributed by atoms with Crippen LogP contribution in [0.4, 0.5) is 10.1 Å². The van der Waals surface area contributed by atoms with E-state index in [0.29, 0.717) is 24.9 Å². The molecule has 1 heterocycles. The van der Waals surface area contributed by atoms with E-state index < -0.39 is 32.9 Å². The van der Waals surface area contributed by atoms with Gasteiger partial charge in [0.2, 0.25) is 0 Å². The van der Waals surface area contributed by atoms with Crippen LogP contribution in [0.3, 0.4) is 0 Å². The van der Waals surface area contributed by atoms with E-state index in [1.807, 2.05) is 0 Å². The molecule has 0 saturated carbocycles. The molecule has 0 aliphatic carbocycles. The average Bonchev–Trinajstić information content (AvgIpc) is 2.71. The molecule has 3 rings (SSSR count). The molecule has 0 saturated heterocycles. The van der Waals surface area contributed by atoms with E-state index in [4.69, 9.17) is 10.9 Å². The third kappa shape index (κ3) is 4.65. The van der Waals surface area contributed by atoms with Crippen LogP contribution in [-0.2, 0) is 4.79 Å². The van der Waals surface area contributed by atoms with Gasteiger partial charge in [0.15, 0.2) is 0 Å². The summed E-state index contributed by atoms with van der Waals surface area (Å²) < 4.78 is 15.6. The van der Waals surface area contributed by atoms with Crippen LogP contribution >= 0.6 is 0 Å². The minimum absolute atomic E-state index is 0.0583. The molecule has 0 atom stereocenters. The maximum absolute atomic E-state index is 15.1. The Balaban J connectivity index is 1.90. The zero-order valence-electron chi connectivity index (χ0n) is 15.6. The van der Waals surface area contributed by atoms with Crippen molar-refractivity contribution in [3.8, 4) is 5.75 Å². The number of benzene rings is 2. The molecule has 2 aromatic carbocycles. The maximum atomic E-state index is 15.1. The molecule has 4 N–H and O–H groups in total. The Morgan fingerprint density at radius 3 is 2.69 bits per heavy atom. The van der Waals surface area contributed by atoms with Gasteiger partial charge < -0.3 is 5.11 Å². The number of aliphatic hydroxyl groups excluding tert-OH is 1. The first-order chi connectivity index (χ1) is 13.9. The summed E-state index contributed by atoms with van der Waals surface area (Å²) in [7, 11) is 0. The summed E-state index contributed by atoms with van der Waals surface area (Å²) in [5.74, 6) is 4.17. The van der Waals surface area contributed by atoms with E-state index in [1.54, 1.807) is 12.1 Å². The second-order valence-electron chi connectivity index (χ2n) is 6.54. The second-order valence-corrected chi connectivity index (χ2v) is 10.1. The predicted molar refractivity (Wildman–Crippen MR) is 107 cm³/mol. The van der Waals surface area contributed by atoms with Crippen LogP contribution in [0, 0.1) is 5.82 Å². The van der Waals surface area contributed by atoms with Gasteiger partial charge in [0.05, 0.1) is 0 Å². The molecule has 7 nitrogen and oxygen atoms in total. The molecule has 9 heteroatoms. The number of fused-ring (bicyclic) bond motifs is 1. The molecule has 1 aliphatic heterocycles. The number of aliphatic hydroxyl groups is 1. The Hall–Kier alpha value is -2.30. The summed E-state index contributed by atoms with van der Waals surface area (Å²) in [6, 6.07) is 9.06. The fraction of sp³-hybridized carbons (Fsp3) is 0.250. The van der Waals surface area contributed by atoms with Crippen molar-refractivity contribution >= 4 is 45.8 Å². The van der Waals surface area contributed by atoms with Crippen molar-refractivity contribution in [2.45, 2.75) is 19.3 Å². The summed E-state index contributed by atoms with van der Waals surface area (Å²) >= 11 is -1.77. The number of aliphatic imine (C=N–C) groups is 1. The van der Waals surface area contributed by atoms with Gasteiger partial charge in [-0.3, -0.25) is 0 Å². The van der Waals surface area contributed by atoms with Crippen molar-refractivity contribution in [3.63, 3.8) is 0 Å². The number of carbonyl (C=O) groups excluding carboxylic acids is 2. The van der Waals surface area contributed by atoms with Crippen LogP contribution < -0.4 is 9.42 Å². The van der Waals surface area contributed by atoms with Crippen molar-refractivity contribution < 1.29 is 24.2 Å². The number of carbonyl (C=O) groups is 2. The molecule has 1 amide bonds. The number of aromatic hydroxyl groups is 1. The third-order valence-corrected chi connectivity index (χ3v) is 7.75. The minimum atomic E-state index is -1.77. The summed E-state index contributed by atoms with van der Waals surface area (Å²) in [5.41, 5.74) is -0.0705. The van der Waals surface area contributed by atoms with Gasteiger partial charge >= 0.3 is 172 Å². The third-order valence-electron chi connectivity index (χ3n) is 4.50. The number of hydrazine groups is 1. The van der Waals surface area contributed by atoms with Crippen molar-refractivity contribution in [2.24, 2.45) is 10.8 Å². The zero-order valence-corrected chi connectivity index (χ0v) is 18.4. The monoisotopic (exact) mass is 505 g/mol. The van der Waals surface area contributed by atoms with Gasteiger partial charge in [-0.15, -0.1) is 0 Å². The van der Waals surface area contributed by atoms with E-state index in [9.17, 15) is 14.7 Å². The van der Waals surface area contributed by atoms with E-state index >= 15 is 4.39 Å². The first kappa shape index (κ1) is 21.4. The summed E-state index contributed by atoms with van der Waals surface area (Å²) in [4.78, 5) is 29.4. The van der Waals surface area contributed by atoms with Gasteiger partial charge in [-0.1, -0.05) is 0 Å². The molecular formula is C20H20FN3O4Sn. The van der Waals surface area contributed by atoms with Gasteiger partial charge in [-0.25, -0.2) is 0 Å². The molecule has 0 fully saturated rings. The van der Waals surface area contributed by atoms with E-state index in [-0.39, 0.29) is 39.5 Å². The van der Waals surface area contributed by atoms with Crippen LogP contribution in [0.2, 0.25) is 0 Å². The number of phenols is 1. The molecule has 2 radical (unpaired) electrons. The van der Waals surface area contributed by atoms with Crippen molar-refractivity contribution in [3.05, 3.63) is 53.3 Å². The Kier molecular flexibility index (Phi) is 6.99. The van der Waals surface area contributed by atoms with Gasteiger partial charge in [0.1, 0.15) is 0 Å². The number of amides is 1. The topological polar surface area (TPSA) is 116 Å². The van der Waals surface area contributed by atoms with Crippen molar-refractivity contribution in [1.29, 1.82) is 0 Å². The second kappa shape index (κ2) is 9.46. The number of hydrogen-bond donors (Lipinski definition) is 3. The van der Waals surface area contributed by atoms with Crippen molar-refractivity contribution in [1.82, 2.24) is 5.01 Å². The Morgan fingerprint density at radius 1 is 1.17 bits per heavy atom. The first-order valence-corrected chi connectivity index (χ1v) is 12.0. The summed E-state index contributed by atoms with van der Waals surface area (Å²) in [6.45, 7) is 0.284. The summed E-state index contributed by atoms with van der Waals surface area (Å²) in [5, 5.41) is 19.8. The molecule has 150 valence electrons. The number of para-hydroxylation sites is 1. The van der Waals surface area contributed by atoms with Gasteiger partial charge in [0, 0.05) is 0 Å². The average molecular weight is 504 g/mol. The number of rotatable bonds is 7. The fourth-order valence-corrected chi connectivity index (χ4v) is 5.94. The standard InChI is InChI=1S/C20H20FN3O4.Sn/c21-19-14(17(13-26)23-16-9-2-3-10-18(16)27)7-6-8-15(19)20(28)24(22)11-4-1-5-12-25;/h2-3,6-8,10,25,27H,1,4-5,11-12,22H2;. The number of phenolic OH excluding ortho intramolecular Hbond substituents is 1. The van der Waals surface area contributed by atoms with Gasteiger partial charge in [-0.2, -0.15) is 0 Å². The van der Waals surface area contributed by atoms with Crippen LogP contribution in [0.25, 0.3) is 0 Å². The Bertz CT molecular complexity index is 980. The Labute approximate surface area is 177 Å². The van der Waals surface area contributed by atoms with E-state index in [0.717, 1.165) is 8.59 Å². The first-order valence-electron chi connectivity index (χ1n) is 9.12. The van der Waals surface area contributed by atoms with Gasteiger partial charge in [-0.05, 0) is 0 Å².